The molecule has 0 aromatic carbocycles. The molecule has 1 heterocycles. The van der Waals surface area contributed by atoms with Crippen LogP contribution >= 0.6 is 0 Å². The molecule has 0 spiro atoms. The van der Waals surface area contributed by atoms with Crippen molar-refractivity contribution in [3.05, 3.63) is 0 Å². The molecule has 0 radical (unpaired) electrons. The molecule has 1 rings (SSSR count). The average Bonchev–Trinajstić information content (AvgIpc) is 2.27. The molecule has 1 aliphatic rings. The molecule has 0 bridgehead atoms. The zero-order chi connectivity index (χ0) is 12.9. The van der Waals surface area contributed by atoms with E-state index >= 15 is 0 Å². The number of hydrogen-bond donors (Lipinski definition) is 1. The minimum Gasteiger partial charge on any atom is -0.314 e. The number of nitrogens with zero attached hydrogens (tertiary/aromatic N) is 2. The number of piperazine rings is 1. The SMILES string of the molecule is CN(CC(F)F)S(=O)(=O)CCN1CCNCC1. The Hall–Kier alpha value is -0.310. The monoisotopic (exact) mass is 271 g/mol. The van der Waals surface area contributed by atoms with Gasteiger partial charge < -0.3 is 5.32 Å². The van der Waals surface area contributed by atoms with Crippen molar-refractivity contribution in [1.82, 2.24) is 14.5 Å². The maximum absolute atomic E-state index is 12.1. The Bertz CT molecular complexity index is 318. The average molecular weight is 271 g/mol. The highest BCUT2D eigenvalue weighted by molar-refractivity contribution is 7.89. The Morgan fingerprint density at radius 3 is 2.47 bits per heavy atom. The highest BCUT2D eigenvalue weighted by atomic mass is 32.2. The third-order valence-corrected chi connectivity index (χ3v) is 4.54. The Morgan fingerprint density at radius 1 is 1.35 bits per heavy atom. The standard InChI is InChI=1S/C9H19F2N3O2S/c1-13(8-9(10)11)17(15,16)7-6-14-4-2-12-3-5-14/h9,12H,2-8H2,1H3. The lowest BCUT2D eigenvalue weighted by molar-refractivity contribution is 0.126. The lowest BCUT2D eigenvalue weighted by atomic mass is 10.4. The molecule has 0 amide bonds. The van der Waals surface area contributed by atoms with E-state index in [1.807, 2.05) is 4.90 Å². The van der Waals surface area contributed by atoms with E-state index in [9.17, 15) is 17.2 Å². The first-order valence-electron chi connectivity index (χ1n) is 5.57. The van der Waals surface area contributed by atoms with Crippen molar-refractivity contribution >= 4 is 10.0 Å². The lowest BCUT2D eigenvalue weighted by Crippen LogP contribution is -2.46. The van der Waals surface area contributed by atoms with Crippen LogP contribution in [0.3, 0.4) is 0 Å². The smallest absolute Gasteiger partial charge is 0.252 e. The molecule has 0 aromatic heterocycles. The van der Waals surface area contributed by atoms with Gasteiger partial charge in [0, 0.05) is 39.8 Å². The van der Waals surface area contributed by atoms with Crippen LogP contribution in [0.1, 0.15) is 0 Å². The van der Waals surface area contributed by atoms with Crippen molar-refractivity contribution in [2.45, 2.75) is 6.43 Å². The van der Waals surface area contributed by atoms with E-state index in [1.165, 1.54) is 7.05 Å². The second-order valence-electron chi connectivity index (χ2n) is 4.08. The largest absolute Gasteiger partial charge is 0.314 e. The third-order valence-electron chi connectivity index (χ3n) is 2.75. The zero-order valence-corrected chi connectivity index (χ0v) is 10.7. The minimum absolute atomic E-state index is 0.101. The summed E-state index contributed by atoms with van der Waals surface area (Å²) in [4.78, 5) is 2.02. The summed E-state index contributed by atoms with van der Waals surface area (Å²) in [7, 11) is -2.37. The van der Waals surface area contributed by atoms with Gasteiger partial charge in [-0.2, -0.15) is 4.31 Å². The van der Waals surface area contributed by atoms with Crippen LogP contribution in [0.4, 0.5) is 8.78 Å². The minimum atomic E-state index is -3.56. The summed E-state index contributed by atoms with van der Waals surface area (Å²) < 4.78 is 48.2. The van der Waals surface area contributed by atoms with Gasteiger partial charge in [0.1, 0.15) is 0 Å². The summed E-state index contributed by atoms with van der Waals surface area (Å²) in [5, 5.41) is 3.16. The molecule has 0 unspecified atom stereocenters. The molecule has 0 atom stereocenters. The van der Waals surface area contributed by atoms with Gasteiger partial charge in [0.05, 0.1) is 12.3 Å². The topological polar surface area (TPSA) is 52.7 Å². The summed E-state index contributed by atoms with van der Waals surface area (Å²) in [6, 6.07) is 0. The third kappa shape index (κ3) is 5.24. The number of sulfonamides is 1. The van der Waals surface area contributed by atoms with Gasteiger partial charge in [-0.25, -0.2) is 17.2 Å². The molecule has 1 N–H and O–H groups in total. The first-order valence-corrected chi connectivity index (χ1v) is 7.18. The van der Waals surface area contributed by atoms with Crippen LogP contribution in [0.5, 0.6) is 0 Å². The summed E-state index contributed by atoms with van der Waals surface area (Å²) >= 11 is 0. The van der Waals surface area contributed by atoms with Crippen LogP contribution in [-0.4, -0.2) is 76.1 Å². The van der Waals surface area contributed by atoms with E-state index in [1.54, 1.807) is 0 Å². The normalized spacial score (nSPS) is 19.1. The van der Waals surface area contributed by atoms with E-state index in [0.29, 0.717) is 6.54 Å². The molecule has 1 saturated heterocycles. The lowest BCUT2D eigenvalue weighted by Gasteiger charge is -2.27. The fraction of sp³-hybridized carbons (Fsp3) is 1.00. The zero-order valence-electron chi connectivity index (χ0n) is 9.90. The fourth-order valence-corrected chi connectivity index (χ4v) is 2.78. The molecule has 17 heavy (non-hydrogen) atoms. The predicted molar refractivity (Wildman–Crippen MR) is 61.7 cm³/mol. The number of alkyl halides is 2. The van der Waals surface area contributed by atoms with Crippen molar-refractivity contribution in [3.63, 3.8) is 0 Å². The highest BCUT2D eigenvalue weighted by Gasteiger charge is 2.22. The molecule has 1 fully saturated rings. The Morgan fingerprint density at radius 2 is 1.94 bits per heavy atom. The van der Waals surface area contributed by atoms with Gasteiger partial charge in [-0.05, 0) is 0 Å². The first kappa shape index (κ1) is 14.7. The van der Waals surface area contributed by atoms with Crippen LogP contribution in [-0.2, 0) is 10.0 Å². The van der Waals surface area contributed by atoms with Crippen molar-refractivity contribution in [1.29, 1.82) is 0 Å². The van der Waals surface area contributed by atoms with Gasteiger partial charge in [-0.1, -0.05) is 0 Å². The van der Waals surface area contributed by atoms with Gasteiger partial charge in [-0.3, -0.25) is 4.90 Å². The molecule has 8 heteroatoms. The van der Waals surface area contributed by atoms with E-state index < -0.39 is 23.0 Å². The van der Waals surface area contributed by atoms with Crippen LogP contribution in [0.25, 0.3) is 0 Å². The Labute approximate surface area is 101 Å². The summed E-state index contributed by atoms with van der Waals surface area (Å²) in [5.74, 6) is -0.101. The van der Waals surface area contributed by atoms with E-state index in [2.05, 4.69) is 5.32 Å². The molecule has 0 aromatic rings. The summed E-state index contributed by atoms with van der Waals surface area (Å²) in [5.41, 5.74) is 0. The predicted octanol–water partition coefficient (Wildman–Crippen LogP) is -0.582. The van der Waals surface area contributed by atoms with Crippen molar-refractivity contribution in [2.75, 3.05) is 52.1 Å². The molecular weight excluding hydrogens is 252 g/mol. The second-order valence-corrected chi connectivity index (χ2v) is 6.27. The van der Waals surface area contributed by atoms with E-state index in [-0.39, 0.29) is 5.75 Å². The van der Waals surface area contributed by atoms with Crippen LogP contribution in [0, 0.1) is 0 Å². The quantitative estimate of drug-likeness (QED) is 0.702. The molecule has 1 aliphatic heterocycles. The molecular formula is C9H19F2N3O2S. The first-order chi connectivity index (χ1) is 7.92. The van der Waals surface area contributed by atoms with E-state index in [0.717, 1.165) is 30.5 Å². The molecule has 0 aliphatic carbocycles. The van der Waals surface area contributed by atoms with Crippen LogP contribution in [0.15, 0.2) is 0 Å². The maximum Gasteiger partial charge on any atom is 0.252 e. The maximum atomic E-state index is 12.1. The summed E-state index contributed by atoms with van der Waals surface area (Å²) in [6.07, 6.45) is -2.63. The number of halogens is 2. The summed E-state index contributed by atoms with van der Waals surface area (Å²) in [6.45, 7) is 2.95. The number of hydrogen-bond acceptors (Lipinski definition) is 4. The molecule has 0 saturated carbocycles. The van der Waals surface area contributed by atoms with E-state index in [4.69, 9.17) is 0 Å². The van der Waals surface area contributed by atoms with Gasteiger partial charge in [-0.15, -0.1) is 0 Å². The van der Waals surface area contributed by atoms with Gasteiger partial charge in [0.2, 0.25) is 10.0 Å². The molecule has 5 nitrogen and oxygen atoms in total. The van der Waals surface area contributed by atoms with Crippen molar-refractivity contribution in [2.24, 2.45) is 0 Å². The number of nitrogens with one attached hydrogen (secondary N) is 1. The van der Waals surface area contributed by atoms with Gasteiger partial charge >= 0.3 is 0 Å². The van der Waals surface area contributed by atoms with Crippen molar-refractivity contribution < 1.29 is 17.2 Å². The second kappa shape index (κ2) is 6.58. The van der Waals surface area contributed by atoms with Crippen LogP contribution in [0.2, 0.25) is 0 Å². The Kier molecular flexibility index (Phi) is 5.71. The van der Waals surface area contributed by atoms with Crippen molar-refractivity contribution in [3.8, 4) is 0 Å². The highest BCUT2D eigenvalue weighted by Crippen LogP contribution is 2.04. The molecule has 102 valence electrons. The van der Waals surface area contributed by atoms with Crippen LogP contribution < -0.4 is 5.32 Å². The Balaban J connectivity index is 2.37. The fourth-order valence-electron chi connectivity index (χ4n) is 1.64. The van der Waals surface area contributed by atoms with Gasteiger partial charge in [0.15, 0.2) is 0 Å². The van der Waals surface area contributed by atoms with Gasteiger partial charge in [0.25, 0.3) is 6.43 Å². The number of rotatable bonds is 6.